The van der Waals surface area contributed by atoms with Crippen LogP contribution in [-0.2, 0) is 27.2 Å². The molecule has 31 heavy (non-hydrogen) atoms. The molecular formula is C24H22N2O4S. The Morgan fingerprint density at radius 3 is 2.29 bits per heavy atom. The molecule has 2 N–H and O–H groups in total. The molecule has 0 spiro atoms. The van der Waals surface area contributed by atoms with Crippen molar-refractivity contribution < 1.29 is 19.1 Å². The molecule has 2 amide bonds. The number of rotatable bonds is 5. The lowest BCUT2D eigenvalue weighted by Gasteiger charge is -2.15. The van der Waals surface area contributed by atoms with Crippen LogP contribution < -0.4 is 10.6 Å². The number of benzene rings is 2. The summed E-state index contributed by atoms with van der Waals surface area (Å²) in [6, 6.07) is 16.8. The highest BCUT2D eigenvalue weighted by Gasteiger charge is 2.24. The molecule has 1 atom stereocenters. The molecule has 158 valence electrons. The molecule has 2 aromatic carbocycles. The van der Waals surface area contributed by atoms with Crippen LogP contribution in [0.5, 0.6) is 0 Å². The van der Waals surface area contributed by atoms with Crippen molar-refractivity contribution in [3.8, 4) is 10.4 Å². The smallest absolute Gasteiger partial charge is 0.349 e. The molecule has 3 aromatic rings. The van der Waals surface area contributed by atoms with Crippen molar-refractivity contribution in [2.45, 2.75) is 32.8 Å². The zero-order chi connectivity index (χ0) is 22.0. The fourth-order valence-corrected chi connectivity index (χ4v) is 4.68. The maximum atomic E-state index is 12.7. The molecule has 0 radical (unpaired) electrons. The highest BCUT2D eigenvalue weighted by Crippen LogP contribution is 2.39. The predicted octanol–water partition coefficient (Wildman–Crippen LogP) is 4.66. The van der Waals surface area contributed by atoms with E-state index in [-0.39, 0.29) is 5.91 Å². The maximum absolute atomic E-state index is 12.7. The Morgan fingerprint density at radius 1 is 0.935 bits per heavy atom. The van der Waals surface area contributed by atoms with Crippen molar-refractivity contribution in [3.63, 3.8) is 0 Å². The number of ether oxygens (including phenoxy) is 1. The molecule has 0 aliphatic heterocycles. The molecule has 1 aromatic heterocycles. The van der Waals surface area contributed by atoms with Crippen LogP contribution in [0.3, 0.4) is 0 Å². The first-order valence-electron chi connectivity index (χ1n) is 10.0. The third-order valence-corrected chi connectivity index (χ3v) is 6.25. The van der Waals surface area contributed by atoms with E-state index >= 15 is 0 Å². The van der Waals surface area contributed by atoms with Crippen LogP contribution in [0.4, 0.5) is 11.4 Å². The van der Waals surface area contributed by atoms with E-state index in [2.05, 4.69) is 22.8 Å². The number of thiophene rings is 1. The summed E-state index contributed by atoms with van der Waals surface area (Å²) < 4.78 is 5.41. The van der Waals surface area contributed by atoms with Gasteiger partial charge in [-0.3, -0.25) is 9.59 Å². The standard InChI is InChI=1S/C24H22N2O4S/c1-14(23(28)26-19-11-9-18(10-12-19)25-15(2)27)30-24(29)21-13-17-8-7-16-5-3-4-6-20(16)22(17)31-21/h3-6,9-14H,7-8H2,1-2H3,(H,25,27)(H,26,28). The van der Waals surface area contributed by atoms with Crippen molar-refractivity contribution in [1.29, 1.82) is 0 Å². The van der Waals surface area contributed by atoms with Gasteiger partial charge in [0.1, 0.15) is 4.88 Å². The molecule has 7 heteroatoms. The molecule has 0 saturated heterocycles. The molecule has 0 bridgehead atoms. The fourth-order valence-electron chi connectivity index (χ4n) is 3.53. The number of carbonyl (C=O) groups is 3. The Morgan fingerprint density at radius 2 is 1.58 bits per heavy atom. The average Bonchev–Trinajstić information content (AvgIpc) is 3.20. The summed E-state index contributed by atoms with van der Waals surface area (Å²) in [5, 5.41) is 5.37. The zero-order valence-corrected chi connectivity index (χ0v) is 18.0. The number of nitrogens with one attached hydrogen (secondary N) is 2. The number of anilines is 2. The SMILES string of the molecule is CC(=O)Nc1ccc(NC(=O)C(C)OC(=O)c2cc3c(s2)-c2ccccc2CC3)cc1. The van der Waals surface area contributed by atoms with Gasteiger partial charge in [0.25, 0.3) is 5.91 Å². The van der Waals surface area contributed by atoms with Crippen LogP contribution in [-0.4, -0.2) is 23.9 Å². The van der Waals surface area contributed by atoms with Gasteiger partial charge in [-0.05, 0) is 66.8 Å². The molecule has 0 saturated carbocycles. The quantitative estimate of drug-likeness (QED) is 0.572. The normalized spacial score (nSPS) is 12.8. The van der Waals surface area contributed by atoms with Crippen LogP contribution in [0.15, 0.2) is 54.6 Å². The van der Waals surface area contributed by atoms with Crippen molar-refractivity contribution in [2.24, 2.45) is 0 Å². The van der Waals surface area contributed by atoms with E-state index in [9.17, 15) is 14.4 Å². The summed E-state index contributed by atoms with van der Waals surface area (Å²) in [7, 11) is 0. The van der Waals surface area contributed by atoms with Gasteiger partial charge in [-0.15, -0.1) is 11.3 Å². The molecule has 1 heterocycles. The minimum Gasteiger partial charge on any atom is -0.448 e. The Hall–Kier alpha value is -3.45. The summed E-state index contributed by atoms with van der Waals surface area (Å²) in [6.07, 6.45) is 0.892. The van der Waals surface area contributed by atoms with Crippen LogP contribution in [0.1, 0.15) is 34.6 Å². The van der Waals surface area contributed by atoms with E-state index in [1.165, 1.54) is 29.4 Å². The number of carbonyl (C=O) groups excluding carboxylic acids is 3. The molecule has 4 rings (SSSR count). The third kappa shape index (κ3) is 4.67. The van der Waals surface area contributed by atoms with Crippen LogP contribution in [0.25, 0.3) is 10.4 Å². The lowest BCUT2D eigenvalue weighted by atomic mass is 9.91. The van der Waals surface area contributed by atoms with Crippen molar-refractivity contribution in [1.82, 2.24) is 0 Å². The van der Waals surface area contributed by atoms with Gasteiger partial charge in [0, 0.05) is 23.2 Å². The van der Waals surface area contributed by atoms with Gasteiger partial charge in [-0.1, -0.05) is 24.3 Å². The Labute approximate surface area is 184 Å². The predicted molar refractivity (Wildman–Crippen MR) is 121 cm³/mol. The average molecular weight is 435 g/mol. The lowest BCUT2D eigenvalue weighted by molar-refractivity contribution is -0.123. The summed E-state index contributed by atoms with van der Waals surface area (Å²) >= 11 is 1.41. The molecule has 1 aliphatic rings. The summed E-state index contributed by atoms with van der Waals surface area (Å²) in [6.45, 7) is 2.97. The Balaban J connectivity index is 1.39. The fraction of sp³-hybridized carbons (Fsp3) is 0.208. The van der Waals surface area contributed by atoms with Crippen LogP contribution in [0.2, 0.25) is 0 Å². The second-order valence-corrected chi connectivity index (χ2v) is 8.47. The van der Waals surface area contributed by atoms with Crippen LogP contribution in [0, 0.1) is 0 Å². The second kappa shape index (κ2) is 8.73. The summed E-state index contributed by atoms with van der Waals surface area (Å²) in [5.74, 6) is -1.09. The Bertz CT molecular complexity index is 1150. The monoisotopic (exact) mass is 434 g/mol. The van der Waals surface area contributed by atoms with E-state index in [1.807, 2.05) is 18.2 Å². The van der Waals surface area contributed by atoms with Crippen molar-refractivity contribution in [2.75, 3.05) is 10.6 Å². The van der Waals surface area contributed by atoms with Gasteiger partial charge >= 0.3 is 5.97 Å². The zero-order valence-electron chi connectivity index (χ0n) is 17.2. The number of hydrogen-bond donors (Lipinski definition) is 2. The first-order valence-corrected chi connectivity index (χ1v) is 10.8. The van der Waals surface area contributed by atoms with E-state index in [0.29, 0.717) is 16.3 Å². The second-order valence-electron chi connectivity index (χ2n) is 7.42. The Kier molecular flexibility index (Phi) is 5.86. The molecule has 1 unspecified atom stereocenters. The van der Waals surface area contributed by atoms with E-state index in [1.54, 1.807) is 31.2 Å². The highest BCUT2D eigenvalue weighted by molar-refractivity contribution is 7.17. The summed E-state index contributed by atoms with van der Waals surface area (Å²) in [4.78, 5) is 37.8. The lowest BCUT2D eigenvalue weighted by Crippen LogP contribution is -2.29. The molecule has 1 aliphatic carbocycles. The first kappa shape index (κ1) is 20.8. The van der Waals surface area contributed by atoms with E-state index in [4.69, 9.17) is 4.74 Å². The largest absolute Gasteiger partial charge is 0.448 e. The maximum Gasteiger partial charge on any atom is 0.349 e. The molecular weight excluding hydrogens is 412 g/mol. The van der Waals surface area contributed by atoms with Crippen molar-refractivity contribution in [3.05, 3.63) is 70.6 Å². The topological polar surface area (TPSA) is 84.5 Å². The number of amides is 2. The van der Waals surface area contributed by atoms with Gasteiger partial charge in [-0.2, -0.15) is 0 Å². The van der Waals surface area contributed by atoms with Crippen LogP contribution >= 0.6 is 11.3 Å². The minimum absolute atomic E-state index is 0.170. The number of fused-ring (bicyclic) bond motifs is 3. The number of esters is 1. The first-order chi connectivity index (χ1) is 14.9. The van der Waals surface area contributed by atoms with Gasteiger partial charge < -0.3 is 15.4 Å². The highest BCUT2D eigenvalue weighted by atomic mass is 32.1. The third-order valence-electron chi connectivity index (χ3n) is 5.06. The van der Waals surface area contributed by atoms with Gasteiger partial charge in [0.15, 0.2) is 6.10 Å². The summed E-state index contributed by atoms with van der Waals surface area (Å²) in [5.41, 5.74) is 4.78. The van der Waals surface area contributed by atoms with E-state index in [0.717, 1.165) is 23.3 Å². The van der Waals surface area contributed by atoms with Crippen molar-refractivity contribution >= 4 is 40.5 Å². The van der Waals surface area contributed by atoms with E-state index < -0.39 is 18.0 Å². The van der Waals surface area contributed by atoms with Gasteiger partial charge in [-0.25, -0.2) is 4.79 Å². The minimum atomic E-state index is -0.950. The van der Waals surface area contributed by atoms with Gasteiger partial charge in [0.05, 0.1) is 0 Å². The molecule has 0 fully saturated rings. The number of aryl methyl sites for hydroxylation is 2. The molecule has 6 nitrogen and oxygen atoms in total. The number of hydrogen-bond acceptors (Lipinski definition) is 5. The van der Waals surface area contributed by atoms with Gasteiger partial charge in [0.2, 0.25) is 5.91 Å².